The smallest absolute Gasteiger partial charge is 0.0702 e. The molecule has 0 bridgehead atoms. The number of halogens is 1. The zero-order chi connectivity index (χ0) is 13.3. The molecule has 1 aliphatic heterocycles. The van der Waals surface area contributed by atoms with Crippen LogP contribution < -0.4 is 4.90 Å². The van der Waals surface area contributed by atoms with Crippen molar-refractivity contribution in [1.29, 1.82) is 0 Å². The van der Waals surface area contributed by atoms with Crippen LogP contribution in [-0.4, -0.2) is 42.2 Å². The van der Waals surface area contributed by atoms with Gasteiger partial charge < -0.3 is 10.0 Å². The monoisotopic (exact) mass is 312 g/mol. The second-order valence-corrected chi connectivity index (χ2v) is 6.12. The van der Waals surface area contributed by atoms with Crippen molar-refractivity contribution in [2.45, 2.75) is 32.5 Å². The third-order valence-corrected chi connectivity index (χ3v) is 4.41. The molecule has 1 aromatic rings. The number of piperazine rings is 1. The van der Waals surface area contributed by atoms with Gasteiger partial charge in [0.1, 0.15) is 0 Å². The van der Waals surface area contributed by atoms with E-state index in [2.05, 4.69) is 52.7 Å². The standard InChI is InChI=1S/C14H21BrN2O/c1-10-7-17(8-11(2)16(10)3)14-6-13(15)5-4-12(14)9-18/h4-6,10-11,18H,7-9H2,1-3H3. The molecule has 0 spiro atoms. The van der Waals surface area contributed by atoms with E-state index in [4.69, 9.17) is 0 Å². The Balaban J connectivity index is 2.28. The van der Waals surface area contributed by atoms with Crippen molar-refractivity contribution in [2.75, 3.05) is 25.0 Å². The minimum atomic E-state index is 0.0950. The Morgan fingerprint density at radius 2 is 1.89 bits per heavy atom. The Morgan fingerprint density at radius 1 is 1.28 bits per heavy atom. The summed E-state index contributed by atoms with van der Waals surface area (Å²) in [5.41, 5.74) is 2.15. The number of anilines is 1. The molecule has 0 saturated carbocycles. The summed E-state index contributed by atoms with van der Waals surface area (Å²) < 4.78 is 1.06. The molecule has 2 atom stereocenters. The molecule has 2 unspecified atom stereocenters. The van der Waals surface area contributed by atoms with Gasteiger partial charge in [-0.05, 0) is 33.0 Å². The molecule has 0 amide bonds. The van der Waals surface area contributed by atoms with Crippen molar-refractivity contribution in [2.24, 2.45) is 0 Å². The Hall–Kier alpha value is -0.580. The molecule has 1 saturated heterocycles. The normalized spacial score (nSPS) is 25.5. The minimum absolute atomic E-state index is 0.0950. The lowest BCUT2D eigenvalue weighted by Gasteiger charge is -2.44. The van der Waals surface area contributed by atoms with Crippen LogP contribution in [-0.2, 0) is 6.61 Å². The fourth-order valence-corrected chi connectivity index (χ4v) is 2.92. The largest absolute Gasteiger partial charge is 0.392 e. The predicted octanol–water partition coefficient (Wildman–Crippen LogP) is 2.47. The van der Waals surface area contributed by atoms with Gasteiger partial charge in [-0.25, -0.2) is 0 Å². The summed E-state index contributed by atoms with van der Waals surface area (Å²) in [5, 5.41) is 9.47. The molecular weight excluding hydrogens is 292 g/mol. The van der Waals surface area contributed by atoms with Gasteiger partial charge in [-0.3, -0.25) is 4.90 Å². The van der Waals surface area contributed by atoms with Crippen molar-refractivity contribution in [3.63, 3.8) is 0 Å². The third kappa shape index (κ3) is 2.71. The Kier molecular flexibility index (Phi) is 4.30. The van der Waals surface area contributed by atoms with Gasteiger partial charge in [-0.15, -0.1) is 0 Å². The molecule has 1 aliphatic rings. The van der Waals surface area contributed by atoms with Crippen LogP contribution in [0.15, 0.2) is 22.7 Å². The van der Waals surface area contributed by atoms with Gasteiger partial charge in [0, 0.05) is 40.9 Å². The SMILES string of the molecule is CC1CN(c2cc(Br)ccc2CO)CC(C)N1C. The molecule has 18 heavy (non-hydrogen) atoms. The van der Waals surface area contributed by atoms with Crippen LogP contribution in [0, 0.1) is 0 Å². The summed E-state index contributed by atoms with van der Waals surface area (Å²) in [4.78, 5) is 4.79. The number of aliphatic hydroxyl groups is 1. The molecule has 4 heteroatoms. The molecular formula is C14H21BrN2O. The molecule has 0 aromatic heterocycles. The van der Waals surface area contributed by atoms with Gasteiger partial charge in [-0.1, -0.05) is 22.0 Å². The van der Waals surface area contributed by atoms with E-state index in [-0.39, 0.29) is 6.61 Å². The summed E-state index contributed by atoms with van der Waals surface area (Å²) in [6.45, 7) is 6.60. The van der Waals surface area contributed by atoms with Gasteiger partial charge in [0.15, 0.2) is 0 Å². The first-order chi connectivity index (χ1) is 8.52. The van der Waals surface area contributed by atoms with E-state index in [0.29, 0.717) is 12.1 Å². The second kappa shape index (κ2) is 5.59. The van der Waals surface area contributed by atoms with Crippen molar-refractivity contribution in [1.82, 2.24) is 4.90 Å². The fraction of sp³-hybridized carbons (Fsp3) is 0.571. The minimum Gasteiger partial charge on any atom is -0.392 e. The first kappa shape index (κ1) is 13.8. The molecule has 1 heterocycles. The maximum Gasteiger partial charge on any atom is 0.0702 e. The van der Waals surface area contributed by atoms with Crippen molar-refractivity contribution in [3.8, 4) is 0 Å². The topological polar surface area (TPSA) is 26.7 Å². The molecule has 1 fully saturated rings. The number of aliphatic hydroxyl groups excluding tert-OH is 1. The van der Waals surface area contributed by atoms with E-state index in [1.54, 1.807) is 0 Å². The molecule has 0 aliphatic carbocycles. The Bertz CT molecular complexity index is 412. The van der Waals surface area contributed by atoms with Crippen molar-refractivity contribution >= 4 is 21.6 Å². The lowest BCUT2D eigenvalue weighted by atomic mass is 10.1. The fourth-order valence-electron chi connectivity index (χ4n) is 2.57. The molecule has 1 N–H and O–H groups in total. The molecule has 0 radical (unpaired) electrons. The van der Waals surface area contributed by atoms with Gasteiger partial charge >= 0.3 is 0 Å². The number of likely N-dealkylation sites (N-methyl/N-ethyl adjacent to an activating group) is 1. The predicted molar refractivity (Wildman–Crippen MR) is 79.0 cm³/mol. The average molecular weight is 313 g/mol. The second-order valence-electron chi connectivity index (χ2n) is 5.20. The van der Waals surface area contributed by atoms with Crippen molar-refractivity contribution < 1.29 is 5.11 Å². The summed E-state index contributed by atoms with van der Waals surface area (Å²) in [7, 11) is 2.18. The molecule has 1 aromatic carbocycles. The van der Waals surface area contributed by atoms with Gasteiger partial charge in [-0.2, -0.15) is 0 Å². The van der Waals surface area contributed by atoms with Crippen LogP contribution in [0.25, 0.3) is 0 Å². The summed E-state index contributed by atoms with van der Waals surface area (Å²) >= 11 is 3.52. The highest BCUT2D eigenvalue weighted by Crippen LogP contribution is 2.28. The first-order valence-corrected chi connectivity index (χ1v) is 7.18. The molecule has 3 nitrogen and oxygen atoms in total. The Morgan fingerprint density at radius 3 is 2.44 bits per heavy atom. The third-order valence-electron chi connectivity index (χ3n) is 3.92. The average Bonchev–Trinajstić information content (AvgIpc) is 2.35. The first-order valence-electron chi connectivity index (χ1n) is 6.39. The lowest BCUT2D eigenvalue weighted by Crippen LogP contribution is -2.55. The number of benzene rings is 1. The van der Waals surface area contributed by atoms with E-state index in [1.807, 2.05) is 12.1 Å². The van der Waals surface area contributed by atoms with Gasteiger partial charge in [0.05, 0.1) is 6.61 Å². The van der Waals surface area contributed by atoms with E-state index in [1.165, 1.54) is 0 Å². The maximum atomic E-state index is 9.47. The highest BCUT2D eigenvalue weighted by molar-refractivity contribution is 9.10. The quantitative estimate of drug-likeness (QED) is 0.909. The zero-order valence-corrected chi connectivity index (χ0v) is 12.8. The Labute approximate surface area is 118 Å². The number of hydrogen-bond acceptors (Lipinski definition) is 3. The van der Waals surface area contributed by atoms with Crippen LogP contribution >= 0.6 is 15.9 Å². The number of hydrogen-bond donors (Lipinski definition) is 1. The van der Waals surface area contributed by atoms with Crippen LogP contribution in [0.3, 0.4) is 0 Å². The summed E-state index contributed by atoms with van der Waals surface area (Å²) in [5.74, 6) is 0. The van der Waals surface area contributed by atoms with Gasteiger partial charge in [0.25, 0.3) is 0 Å². The maximum absolute atomic E-state index is 9.47. The number of nitrogens with zero attached hydrogens (tertiary/aromatic N) is 2. The summed E-state index contributed by atoms with van der Waals surface area (Å²) in [6, 6.07) is 7.14. The van der Waals surface area contributed by atoms with Crippen LogP contribution in [0.2, 0.25) is 0 Å². The highest BCUT2D eigenvalue weighted by Gasteiger charge is 2.27. The molecule has 2 rings (SSSR count). The van der Waals surface area contributed by atoms with Crippen LogP contribution in [0.1, 0.15) is 19.4 Å². The molecule has 100 valence electrons. The van der Waals surface area contributed by atoms with Crippen LogP contribution in [0.5, 0.6) is 0 Å². The van der Waals surface area contributed by atoms with E-state index >= 15 is 0 Å². The van der Waals surface area contributed by atoms with Crippen molar-refractivity contribution in [3.05, 3.63) is 28.2 Å². The van der Waals surface area contributed by atoms with E-state index in [0.717, 1.165) is 28.8 Å². The van der Waals surface area contributed by atoms with Gasteiger partial charge in [0.2, 0.25) is 0 Å². The highest BCUT2D eigenvalue weighted by atomic mass is 79.9. The summed E-state index contributed by atoms with van der Waals surface area (Å²) in [6.07, 6.45) is 0. The zero-order valence-electron chi connectivity index (χ0n) is 11.2. The lowest BCUT2D eigenvalue weighted by molar-refractivity contribution is 0.169. The van der Waals surface area contributed by atoms with Crippen LogP contribution in [0.4, 0.5) is 5.69 Å². The van der Waals surface area contributed by atoms with E-state index in [9.17, 15) is 5.11 Å². The number of rotatable bonds is 2. The van der Waals surface area contributed by atoms with E-state index < -0.39 is 0 Å².